The first-order valence-electron chi connectivity index (χ1n) is 7.75. The van der Waals surface area contributed by atoms with Gasteiger partial charge >= 0.3 is 0 Å². The maximum absolute atomic E-state index is 9.54. The van der Waals surface area contributed by atoms with Crippen LogP contribution in [0, 0.1) is 0 Å². The molecule has 0 aromatic rings. The summed E-state index contributed by atoms with van der Waals surface area (Å²) in [6.45, 7) is 5.54. The molecule has 3 nitrogen and oxygen atoms in total. The molecule has 0 amide bonds. The van der Waals surface area contributed by atoms with Gasteiger partial charge in [-0.05, 0) is 51.7 Å². The lowest BCUT2D eigenvalue weighted by Crippen LogP contribution is -2.46. The zero-order valence-electron chi connectivity index (χ0n) is 12.4. The summed E-state index contributed by atoms with van der Waals surface area (Å²) in [4.78, 5) is 0. The van der Waals surface area contributed by atoms with E-state index in [4.69, 9.17) is 4.74 Å². The third-order valence-corrected chi connectivity index (χ3v) is 5.81. The molecule has 19 heavy (non-hydrogen) atoms. The Morgan fingerprint density at radius 2 is 2.11 bits per heavy atom. The molecular weight excluding hydrogens is 258 g/mol. The highest BCUT2D eigenvalue weighted by Crippen LogP contribution is 2.28. The van der Waals surface area contributed by atoms with Gasteiger partial charge in [-0.1, -0.05) is 6.42 Å². The first-order chi connectivity index (χ1) is 9.13. The number of unbranched alkanes of at least 4 members (excludes halogenated alkanes) is 1. The minimum absolute atomic E-state index is 0.0599. The van der Waals surface area contributed by atoms with Crippen LogP contribution in [-0.2, 0) is 4.74 Å². The van der Waals surface area contributed by atoms with Gasteiger partial charge in [0.15, 0.2) is 0 Å². The van der Waals surface area contributed by atoms with E-state index in [2.05, 4.69) is 30.9 Å². The first-order valence-corrected chi connectivity index (χ1v) is 8.79. The molecule has 1 aliphatic carbocycles. The van der Waals surface area contributed by atoms with Crippen molar-refractivity contribution in [3.05, 3.63) is 0 Å². The smallest absolute Gasteiger partial charge is 0.0666 e. The molecule has 1 saturated heterocycles. The first kappa shape index (κ1) is 15.6. The zero-order chi connectivity index (χ0) is 13.7. The molecule has 0 aromatic carbocycles. The third-order valence-electron chi connectivity index (χ3n) is 4.24. The summed E-state index contributed by atoms with van der Waals surface area (Å²) in [5, 5.41) is 13.8. The standard InChI is InChI=1S/C15H29NO2S/c1-12-14(7-9-18-12)19-10-4-3-8-15(2,11-17)16-13-5-6-13/h12-14,16-17H,3-11H2,1-2H3. The number of aliphatic hydroxyl groups is 1. The van der Waals surface area contributed by atoms with Crippen molar-refractivity contribution in [3.8, 4) is 0 Å². The number of hydrogen-bond acceptors (Lipinski definition) is 4. The Kier molecular flexibility index (Phi) is 6.00. The summed E-state index contributed by atoms with van der Waals surface area (Å²) in [6.07, 6.45) is 7.74. The minimum atomic E-state index is -0.0599. The number of nitrogens with one attached hydrogen (secondary N) is 1. The highest BCUT2D eigenvalue weighted by molar-refractivity contribution is 7.99. The molecule has 112 valence electrons. The van der Waals surface area contributed by atoms with E-state index >= 15 is 0 Å². The van der Waals surface area contributed by atoms with Gasteiger partial charge in [-0.2, -0.15) is 11.8 Å². The van der Waals surface area contributed by atoms with Crippen molar-refractivity contribution in [2.24, 2.45) is 0 Å². The zero-order valence-corrected chi connectivity index (χ0v) is 13.2. The predicted molar refractivity (Wildman–Crippen MR) is 81.8 cm³/mol. The van der Waals surface area contributed by atoms with E-state index in [1.54, 1.807) is 0 Å². The van der Waals surface area contributed by atoms with Gasteiger partial charge in [-0.15, -0.1) is 0 Å². The third kappa shape index (κ3) is 5.25. The van der Waals surface area contributed by atoms with Crippen molar-refractivity contribution < 1.29 is 9.84 Å². The minimum Gasteiger partial charge on any atom is -0.394 e. The van der Waals surface area contributed by atoms with Gasteiger partial charge in [0, 0.05) is 23.4 Å². The summed E-state index contributed by atoms with van der Waals surface area (Å²) in [6, 6.07) is 0.669. The van der Waals surface area contributed by atoms with Gasteiger partial charge in [-0.25, -0.2) is 0 Å². The molecule has 2 aliphatic rings. The number of thioether (sulfide) groups is 1. The lowest BCUT2D eigenvalue weighted by molar-refractivity contribution is 0.127. The molecule has 1 aliphatic heterocycles. The van der Waals surface area contributed by atoms with Crippen molar-refractivity contribution >= 4 is 11.8 Å². The van der Waals surface area contributed by atoms with Crippen LogP contribution in [0.4, 0.5) is 0 Å². The van der Waals surface area contributed by atoms with Crippen molar-refractivity contribution in [1.29, 1.82) is 0 Å². The van der Waals surface area contributed by atoms with E-state index in [0.29, 0.717) is 17.4 Å². The lowest BCUT2D eigenvalue weighted by Gasteiger charge is -2.29. The van der Waals surface area contributed by atoms with E-state index < -0.39 is 0 Å². The molecule has 1 saturated carbocycles. The topological polar surface area (TPSA) is 41.5 Å². The Bertz CT molecular complexity index is 273. The van der Waals surface area contributed by atoms with E-state index in [9.17, 15) is 5.11 Å². The van der Waals surface area contributed by atoms with Crippen molar-refractivity contribution in [1.82, 2.24) is 5.32 Å². The van der Waals surface area contributed by atoms with Gasteiger partial charge in [0.1, 0.15) is 0 Å². The Morgan fingerprint density at radius 1 is 1.32 bits per heavy atom. The summed E-state index contributed by atoms with van der Waals surface area (Å²) < 4.78 is 5.58. The summed E-state index contributed by atoms with van der Waals surface area (Å²) in [5.41, 5.74) is -0.0599. The number of hydrogen-bond donors (Lipinski definition) is 2. The Hall–Kier alpha value is 0.230. The summed E-state index contributed by atoms with van der Waals surface area (Å²) in [7, 11) is 0. The molecule has 3 atom stereocenters. The Labute approximate surface area is 121 Å². The van der Waals surface area contributed by atoms with E-state index in [-0.39, 0.29) is 12.1 Å². The van der Waals surface area contributed by atoms with E-state index in [0.717, 1.165) is 13.0 Å². The molecule has 0 aromatic heterocycles. The van der Waals surface area contributed by atoms with Gasteiger partial charge in [-0.3, -0.25) is 0 Å². The SMILES string of the molecule is CC1OCCC1SCCCCC(C)(CO)NC1CC1. The molecule has 2 N–H and O–H groups in total. The summed E-state index contributed by atoms with van der Waals surface area (Å²) in [5.74, 6) is 1.23. The van der Waals surface area contributed by atoms with Crippen LogP contribution < -0.4 is 5.32 Å². The van der Waals surface area contributed by atoms with E-state index in [1.807, 2.05) is 0 Å². The van der Waals surface area contributed by atoms with E-state index in [1.165, 1.54) is 37.9 Å². The molecule has 4 heteroatoms. The monoisotopic (exact) mass is 287 g/mol. The fraction of sp³-hybridized carbons (Fsp3) is 1.00. The molecule has 3 unspecified atom stereocenters. The van der Waals surface area contributed by atoms with Crippen molar-refractivity contribution in [3.63, 3.8) is 0 Å². The molecule has 2 rings (SSSR count). The van der Waals surface area contributed by atoms with Gasteiger partial charge in [0.05, 0.1) is 12.7 Å². The van der Waals surface area contributed by atoms with Crippen LogP contribution in [0.3, 0.4) is 0 Å². The highest BCUT2D eigenvalue weighted by atomic mass is 32.2. The predicted octanol–water partition coefficient (Wildman–Crippen LogP) is 2.57. The molecule has 1 heterocycles. The Morgan fingerprint density at radius 3 is 2.68 bits per heavy atom. The molecular formula is C15H29NO2S. The average molecular weight is 287 g/mol. The molecule has 0 radical (unpaired) electrons. The fourth-order valence-corrected chi connectivity index (χ4v) is 3.99. The van der Waals surface area contributed by atoms with Crippen molar-refractivity contribution in [2.75, 3.05) is 19.0 Å². The maximum Gasteiger partial charge on any atom is 0.0666 e. The highest BCUT2D eigenvalue weighted by Gasteiger charge is 2.31. The number of aliphatic hydroxyl groups excluding tert-OH is 1. The quantitative estimate of drug-likeness (QED) is 0.640. The molecule has 0 bridgehead atoms. The van der Waals surface area contributed by atoms with Crippen LogP contribution in [0.1, 0.15) is 52.4 Å². The second-order valence-electron chi connectivity index (χ2n) is 6.37. The number of rotatable bonds is 9. The fourth-order valence-electron chi connectivity index (χ4n) is 2.70. The Balaban J connectivity index is 1.54. The van der Waals surface area contributed by atoms with Crippen LogP contribution in [0.5, 0.6) is 0 Å². The second-order valence-corrected chi connectivity index (χ2v) is 7.72. The lowest BCUT2D eigenvalue weighted by atomic mass is 9.96. The second kappa shape index (κ2) is 7.30. The van der Waals surface area contributed by atoms with Crippen LogP contribution in [0.15, 0.2) is 0 Å². The maximum atomic E-state index is 9.54. The largest absolute Gasteiger partial charge is 0.394 e. The van der Waals surface area contributed by atoms with Crippen LogP contribution in [0.25, 0.3) is 0 Å². The van der Waals surface area contributed by atoms with Gasteiger partial charge in [0.2, 0.25) is 0 Å². The molecule has 2 fully saturated rings. The van der Waals surface area contributed by atoms with Gasteiger partial charge < -0.3 is 15.2 Å². The average Bonchev–Trinajstić information content (AvgIpc) is 3.11. The van der Waals surface area contributed by atoms with Crippen LogP contribution in [0.2, 0.25) is 0 Å². The van der Waals surface area contributed by atoms with Crippen molar-refractivity contribution in [2.45, 2.75) is 75.3 Å². The molecule has 0 spiro atoms. The summed E-state index contributed by atoms with van der Waals surface area (Å²) >= 11 is 2.07. The number of ether oxygens (including phenoxy) is 1. The van der Waals surface area contributed by atoms with Crippen LogP contribution in [-0.4, -0.2) is 47.0 Å². The van der Waals surface area contributed by atoms with Gasteiger partial charge in [0.25, 0.3) is 0 Å². The van der Waals surface area contributed by atoms with Crippen LogP contribution >= 0.6 is 11.8 Å². The normalized spacial score (nSPS) is 30.5.